The summed E-state index contributed by atoms with van der Waals surface area (Å²) in [6, 6.07) is 0. The molecule has 0 radical (unpaired) electrons. The molecule has 1 fully saturated rings. The van der Waals surface area contributed by atoms with Crippen LogP contribution in [0.15, 0.2) is 0 Å². The smallest absolute Gasteiger partial charge is 0.279 e. The fourth-order valence-electron chi connectivity index (χ4n) is 1.96. The third-order valence-corrected chi connectivity index (χ3v) is 2.71. The Morgan fingerprint density at radius 2 is 1.88 bits per heavy atom. The Balaban J connectivity index is 2.09. The molecule has 0 spiro atoms. The summed E-state index contributed by atoms with van der Waals surface area (Å²) in [5.74, 6) is 1.29. The van der Waals surface area contributed by atoms with Crippen LogP contribution in [0.5, 0.6) is 0 Å². The molecule has 2 aromatic rings. The van der Waals surface area contributed by atoms with E-state index in [0.29, 0.717) is 11.7 Å². The number of nitrogens with two attached hydrogens (primary N) is 1. The Morgan fingerprint density at radius 3 is 2.69 bits per heavy atom. The normalized spacial score (nSPS) is 16.9. The average Bonchev–Trinajstić information content (AvgIpc) is 2.77. The van der Waals surface area contributed by atoms with Gasteiger partial charge in [-0.05, 0) is 29.7 Å². The molecule has 1 saturated heterocycles. The number of rotatable bonds is 1. The maximum atomic E-state index is 5.63. The summed E-state index contributed by atoms with van der Waals surface area (Å²) >= 11 is 0. The Hall–Kier alpha value is -1.99. The van der Waals surface area contributed by atoms with Crippen LogP contribution in [0.3, 0.4) is 0 Å². The zero-order valence-corrected chi connectivity index (χ0v) is 8.74. The van der Waals surface area contributed by atoms with Crippen LogP contribution in [0.4, 0.5) is 11.9 Å². The van der Waals surface area contributed by atoms with Crippen molar-refractivity contribution in [3.8, 4) is 0 Å². The second kappa shape index (κ2) is 3.54. The summed E-state index contributed by atoms with van der Waals surface area (Å²) in [7, 11) is 0. The minimum Gasteiger partial charge on any atom is -0.368 e. The van der Waals surface area contributed by atoms with E-state index in [0.717, 1.165) is 25.9 Å². The minimum atomic E-state index is 0.211. The second-order valence-electron chi connectivity index (χ2n) is 3.82. The van der Waals surface area contributed by atoms with E-state index in [4.69, 9.17) is 5.73 Å². The highest BCUT2D eigenvalue weighted by Gasteiger charge is 2.17. The van der Waals surface area contributed by atoms with Crippen LogP contribution >= 0.6 is 0 Å². The molecule has 0 bridgehead atoms. The molecule has 0 atom stereocenters. The number of piperidine rings is 1. The first kappa shape index (κ1) is 9.25. The number of nitrogens with zero attached hydrogens (tertiary/aromatic N) is 7. The molecular formula is C8H12N8. The van der Waals surface area contributed by atoms with Crippen molar-refractivity contribution >= 4 is 17.7 Å². The van der Waals surface area contributed by atoms with E-state index in [-0.39, 0.29) is 5.95 Å². The number of tetrazole rings is 1. The molecular weight excluding hydrogens is 208 g/mol. The summed E-state index contributed by atoms with van der Waals surface area (Å²) in [4.78, 5) is 10.3. The SMILES string of the molecule is Nc1nc(N2CCCCC2)n2nnnc2n1. The van der Waals surface area contributed by atoms with Crippen LogP contribution in [0.1, 0.15) is 19.3 Å². The highest BCUT2D eigenvalue weighted by atomic mass is 15.6. The molecule has 0 unspecified atom stereocenters. The Kier molecular flexibility index (Phi) is 2.05. The standard InChI is InChI=1S/C8H12N8/c9-6-10-7-12-13-14-16(7)8(11-6)15-4-2-1-3-5-15/h1-5H2,(H2,9,10,12,14). The number of hydrogen-bond donors (Lipinski definition) is 1. The van der Waals surface area contributed by atoms with Crippen molar-refractivity contribution in [3.05, 3.63) is 0 Å². The quantitative estimate of drug-likeness (QED) is 0.690. The van der Waals surface area contributed by atoms with Crippen molar-refractivity contribution in [2.75, 3.05) is 23.7 Å². The van der Waals surface area contributed by atoms with Crippen LogP contribution in [-0.4, -0.2) is 43.1 Å². The molecule has 8 nitrogen and oxygen atoms in total. The van der Waals surface area contributed by atoms with Crippen LogP contribution < -0.4 is 10.6 Å². The van der Waals surface area contributed by atoms with Gasteiger partial charge >= 0.3 is 0 Å². The van der Waals surface area contributed by atoms with Gasteiger partial charge in [0.1, 0.15) is 0 Å². The van der Waals surface area contributed by atoms with Crippen LogP contribution in [-0.2, 0) is 0 Å². The van der Waals surface area contributed by atoms with E-state index in [9.17, 15) is 0 Å². The lowest BCUT2D eigenvalue weighted by Crippen LogP contribution is -2.32. The highest BCUT2D eigenvalue weighted by molar-refractivity contribution is 5.43. The number of nitrogen functional groups attached to an aromatic ring is 1. The van der Waals surface area contributed by atoms with Gasteiger partial charge in [-0.25, -0.2) is 0 Å². The molecule has 0 saturated carbocycles. The number of hydrogen-bond acceptors (Lipinski definition) is 7. The van der Waals surface area contributed by atoms with E-state index in [1.807, 2.05) is 0 Å². The van der Waals surface area contributed by atoms with Crippen LogP contribution in [0.2, 0.25) is 0 Å². The van der Waals surface area contributed by atoms with Gasteiger partial charge in [-0.2, -0.15) is 9.97 Å². The van der Waals surface area contributed by atoms with Gasteiger partial charge in [0, 0.05) is 13.1 Å². The molecule has 8 heteroatoms. The Labute approximate surface area is 91.5 Å². The van der Waals surface area contributed by atoms with E-state index in [1.54, 1.807) is 0 Å². The molecule has 3 heterocycles. The number of fused-ring (bicyclic) bond motifs is 1. The maximum Gasteiger partial charge on any atom is 0.279 e. The lowest BCUT2D eigenvalue weighted by molar-refractivity contribution is 0.560. The van der Waals surface area contributed by atoms with E-state index in [2.05, 4.69) is 30.4 Å². The Morgan fingerprint density at radius 1 is 1.06 bits per heavy atom. The van der Waals surface area contributed by atoms with E-state index in [1.165, 1.54) is 10.9 Å². The molecule has 0 aliphatic carbocycles. The lowest BCUT2D eigenvalue weighted by atomic mass is 10.1. The summed E-state index contributed by atoms with van der Waals surface area (Å²) in [5.41, 5.74) is 5.63. The molecule has 3 rings (SSSR count). The van der Waals surface area contributed by atoms with Gasteiger partial charge in [0.05, 0.1) is 0 Å². The predicted octanol–water partition coefficient (Wildman–Crippen LogP) is -0.513. The van der Waals surface area contributed by atoms with Crippen LogP contribution in [0, 0.1) is 0 Å². The van der Waals surface area contributed by atoms with Crippen molar-refractivity contribution in [1.82, 2.24) is 30.0 Å². The predicted molar refractivity (Wildman–Crippen MR) is 56.8 cm³/mol. The Bertz CT molecular complexity index is 500. The molecule has 2 N–H and O–H groups in total. The highest BCUT2D eigenvalue weighted by Crippen LogP contribution is 2.17. The molecule has 2 aromatic heterocycles. The summed E-state index contributed by atoms with van der Waals surface area (Å²) in [5, 5.41) is 11.2. The monoisotopic (exact) mass is 220 g/mol. The maximum absolute atomic E-state index is 5.63. The van der Waals surface area contributed by atoms with Crippen LogP contribution in [0.25, 0.3) is 5.78 Å². The fourth-order valence-corrected chi connectivity index (χ4v) is 1.96. The minimum absolute atomic E-state index is 0.211. The number of anilines is 2. The third-order valence-electron chi connectivity index (χ3n) is 2.71. The van der Waals surface area contributed by atoms with Gasteiger partial charge in [-0.15, -0.1) is 4.52 Å². The summed E-state index contributed by atoms with van der Waals surface area (Å²) in [6.45, 7) is 1.93. The zero-order chi connectivity index (χ0) is 11.0. The number of aromatic nitrogens is 6. The van der Waals surface area contributed by atoms with Gasteiger partial charge in [0.15, 0.2) is 0 Å². The van der Waals surface area contributed by atoms with E-state index >= 15 is 0 Å². The van der Waals surface area contributed by atoms with Gasteiger partial charge in [0.2, 0.25) is 11.9 Å². The molecule has 1 aliphatic heterocycles. The van der Waals surface area contributed by atoms with Gasteiger partial charge in [-0.3, -0.25) is 0 Å². The first-order valence-corrected chi connectivity index (χ1v) is 5.31. The van der Waals surface area contributed by atoms with Crippen molar-refractivity contribution in [2.24, 2.45) is 0 Å². The molecule has 0 amide bonds. The third kappa shape index (κ3) is 1.42. The largest absolute Gasteiger partial charge is 0.368 e. The van der Waals surface area contributed by atoms with Gasteiger partial charge in [0.25, 0.3) is 5.78 Å². The molecule has 84 valence electrons. The lowest BCUT2D eigenvalue weighted by Gasteiger charge is -2.27. The van der Waals surface area contributed by atoms with Crippen molar-refractivity contribution < 1.29 is 0 Å². The van der Waals surface area contributed by atoms with Crippen molar-refractivity contribution in [3.63, 3.8) is 0 Å². The zero-order valence-electron chi connectivity index (χ0n) is 8.74. The fraction of sp³-hybridized carbons (Fsp3) is 0.625. The molecule has 16 heavy (non-hydrogen) atoms. The van der Waals surface area contributed by atoms with Crippen molar-refractivity contribution in [2.45, 2.75) is 19.3 Å². The first-order chi connectivity index (χ1) is 7.84. The topological polar surface area (TPSA) is 98.1 Å². The van der Waals surface area contributed by atoms with Crippen molar-refractivity contribution in [1.29, 1.82) is 0 Å². The molecule has 1 aliphatic rings. The first-order valence-electron chi connectivity index (χ1n) is 5.31. The van der Waals surface area contributed by atoms with Gasteiger partial charge < -0.3 is 10.6 Å². The molecule has 0 aromatic carbocycles. The van der Waals surface area contributed by atoms with E-state index < -0.39 is 0 Å². The average molecular weight is 220 g/mol. The summed E-state index contributed by atoms with van der Waals surface area (Å²) < 4.78 is 1.53. The second-order valence-corrected chi connectivity index (χ2v) is 3.82. The summed E-state index contributed by atoms with van der Waals surface area (Å²) in [6.07, 6.45) is 3.58. The van der Waals surface area contributed by atoms with Gasteiger partial charge in [-0.1, -0.05) is 5.10 Å².